The minimum atomic E-state index is -1.22. The Balaban J connectivity index is 2.07. The van der Waals surface area contributed by atoms with Gasteiger partial charge in [0, 0.05) is 6.42 Å². The van der Waals surface area contributed by atoms with E-state index in [0.29, 0.717) is 6.42 Å². The average Bonchev–Trinajstić information content (AvgIpc) is 2.72. The molecule has 0 saturated carbocycles. The Morgan fingerprint density at radius 2 is 2.12 bits per heavy atom. The molecule has 1 unspecified atom stereocenters. The van der Waals surface area contributed by atoms with E-state index in [0.717, 1.165) is 0 Å². The van der Waals surface area contributed by atoms with Gasteiger partial charge in [-0.2, -0.15) is 0 Å². The summed E-state index contributed by atoms with van der Waals surface area (Å²) in [5.41, 5.74) is -1.79. The number of carboxylic acid groups (broad SMARTS) is 1. The molecular weight excluding hydrogens is 226 g/mol. The monoisotopic (exact) mass is 243 g/mol. The van der Waals surface area contributed by atoms with Crippen molar-refractivity contribution >= 4 is 12.1 Å². The topological polar surface area (TPSA) is 76.1 Å². The van der Waals surface area contributed by atoms with E-state index in [-0.39, 0.29) is 19.2 Å². The largest absolute Gasteiger partial charge is 0.479 e. The maximum absolute atomic E-state index is 11.9. The number of ether oxygens (including phenoxy) is 2. The molecule has 1 amide bonds. The lowest BCUT2D eigenvalue weighted by molar-refractivity contribution is -0.162. The molecule has 2 fully saturated rings. The zero-order valence-electron chi connectivity index (χ0n) is 10.2. The number of hydrogen-bond donors (Lipinski definition) is 1. The molecule has 2 bridgehead atoms. The molecule has 2 rings (SSSR count). The van der Waals surface area contributed by atoms with Crippen LogP contribution in [0.4, 0.5) is 4.79 Å². The normalized spacial score (nSPS) is 31.7. The second-order valence-corrected chi connectivity index (χ2v) is 5.58. The summed E-state index contributed by atoms with van der Waals surface area (Å²) in [4.78, 5) is 24.5. The molecular formula is C11H17NO5. The number of amides is 1. The van der Waals surface area contributed by atoms with Gasteiger partial charge in [-0.3, -0.25) is 4.90 Å². The number of rotatable bonds is 1. The van der Waals surface area contributed by atoms with Crippen LogP contribution in [-0.4, -0.2) is 52.5 Å². The number of hydrogen-bond acceptors (Lipinski definition) is 4. The second kappa shape index (κ2) is 3.60. The molecule has 96 valence electrons. The van der Waals surface area contributed by atoms with Crippen molar-refractivity contribution < 1.29 is 24.2 Å². The molecule has 0 aromatic carbocycles. The summed E-state index contributed by atoms with van der Waals surface area (Å²) in [6.45, 7) is 5.68. The van der Waals surface area contributed by atoms with E-state index < -0.39 is 23.3 Å². The summed E-state index contributed by atoms with van der Waals surface area (Å²) in [7, 11) is 0. The third-order valence-electron chi connectivity index (χ3n) is 3.00. The van der Waals surface area contributed by atoms with Gasteiger partial charge in [-0.25, -0.2) is 9.59 Å². The molecule has 1 N–H and O–H groups in total. The van der Waals surface area contributed by atoms with Gasteiger partial charge in [0.2, 0.25) is 0 Å². The first-order chi connectivity index (χ1) is 7.73. The number of carbonyl (C=O) groups excluding carboxylic acids is 1. The first-order valence-corrected chi connectivity index (χ1v) is 5.60. The van der Waals surface area contributed by atoms with Gasteiger partial charge in [0.1, 0.15) is 5.60 Å². The van der Waals surface area contributed by atoms with E-state index in [1.807, 2.05) is 0 Å². The standard InChI is InChI=1S/C11H17NO5/c1-10(2,3)17-9(15)12-6-11(8(13)14)4-7(12)5-16-11/h7H,4-6H2,1-3H3,(H,13,14)/t7?,11-/m0/s1. The number of nitrogens with zero attached hydrogens (tertiary/aromatic N) is 1. The van der Waals surface area contributed by atoms with Crippen molar-refractivity contribution in [3.63, 3.8) is 0 Å². The fourth-order valence-corrected chi connectivity index (χ4v) is 2.22. The van der Waals surface area contributed by atoms with E-state index in [4.69, 9.17) is 14.6 Å². The molecule has 0 radical (unpaired) electrons. The maximum atomic E-state index is 11.9. The van der Waals surface area contributed by atoms with Crippen LogP contribution in [0.1, 0.15) is 27.2 Å². The number of fused-ring (bicyclic) bond motifs is 2. The minimum absolute atomic E-state index is 0.0713. The SMILES string of the molecule is CC(C)(C)OC(=O)N1C[C@]2(C(=O)O)CC1CO2. The third kappa shape index (κ3) is 2.09. The van der Waals surface area contributed by atoms with Gasteiger partial charge in [-0.1, -0.05) is 0 Å². The lowest BCUT2D eigenvalue weighted by atomic mass is 10.0. The van der Waals surface area contributed by atoms with Gasteiger partial charge in [0.05, 0.1) is 19.2 Å². The number of carboxylic acids is 1. The van der Waals surface area contributed by atoms with Crippen molar-refractivity contribution in [3.05, 3.63) is 0 Å². The maximum Gasteiger partial charge on any atom is 0.410 e. The first-order valence-electron chi connectivity index (χ1n) is 5.60. The molecule has 17 heavy (non-hydrogen) atoms. The van der Waals surface area contributed by atoms with E-state index in [1.165, 1.54) is 4.90 Å². The summed E-state index contributed by atoms with van der Waals surface area (Å²) in [6.07, 6.45) is -0.115. The van der Waals surface area contributed by atoms with Crippen molar-refractivity contribution in [1.82, 2.24) is 4.90 Å². The highest BCUT2D eigenvalue weighted by Crippen LogP contribution is 2.38. The predicted molar refractivity (Wildman–Crippen MR) is 57.7 cm³/mol. The zero-order chi connectivity index (χ0) is 12.8. The fraction of sp³-hybridized carbons (Fsp3) is 0.818. The van der Waals surface area contributed by atoms with Crippen LogP contribution in [-0.2, 0) is 14.3 Å². The Kier molecular flexibility index (Phi) is 2.57. The van der Waals surface area contributed by atoms with E-state index >= 15 is 0 Å². The van der Waals surface area contributed by atoms with Gasteiger partial charge in [-0.15, -0.1) is 0 Å². The van der Waals surface area contributed by atoms with Crippen molar-refractivity contribution in [3.8, 4) is 0 Å². The lowest BCUT2D eigenvalue weighted by Gasteiger charge is -2.32. The fourth-order valence-electron chi connectivity index (χ4n) is 2.22. The Morgan fingerprint density at radius 3 is 2.59 bits per heavy atom. The zero-order valence-corrected chi connectivity index (χ0v) is 10.2. The average molecular weight is 243 g/mol. The molecule has 6 nitrogen and oxygen atoms in total. The Labute approximate surface area is 99.5 Å². The van der Waals surface area contributed by atoms with Crippen LogP contribution in [0.15, 0.2) is 0 Å². The quantitative estimate of drug-likeness (QED) is 0.738. The van der Waals surface area contributed by atoms with Crippen molar-refractivity contribution in [2.45, 2.75) is 44.4 Å². The highest BCUT2D eigenvalue weighted by atomic mass is 16.6. The molecule has 6 heteroatoms. The first kappa shape index (κ1) is 12.2. The number of likely N-dealkylation sites (tertiary alicyclic amines) is 1. The molecule has 2 saturated heterocycles. The lowest BCUT2D eigenvalue weighted by Crippen LogP contribution is -2.50. The van der Waals surface area contributed by atoms with E-state index in [2.05, 4.69) is 0 Å². The number of carbonyl (C=O) groups is 2. The minimum Gasteiger partial charge on any atom is -0.479 e. The van der Waals surface area contributed by atoms with Crippen LogP contribution in [0.3, 0.4) is 0 Å². The summed E-state index contributed by atoms with van der Waals surface area (Å²) < 4.78 is 10.5. The molecule has 0 aromatic rings. The van der Waals surface area contributed by atoms with Crippen LogP contribution in [0, 0.1) is 0 Å². The van der Waals surface area contributed by atoms with Crippen LogP contribution >= 0.6 is 0 Å². The molecule has 2 aliphatic rings. The van der Waals surface area contributed by atoms with Crippen LogP contribution in [0.5, 0.6) is 0 Å². The molecule has 2 atom stereocenters. The molecule has 0 aliphatic carbocycles. The van der Waals surface area contributed by atoms with Gasteiger partial charge < -0.3 is 14.6 Å². The number of morpholine rings is 1. The van der Waals surface area contributed by atoms with Crippen molar-refractivity contribution in [2.24, 2.45) is 0 Å². The van der Waals surface area contributed by atoms with Gasteiger partial charge in [0.15, 0.2) is 5.60 Å². The smallest absolute Gasteiger partial charge is 0.410 e. The Morgan fingerprint density at radius 1 is 1.47 bits per heavy atom. The van der Waals surface area contributed by atoms with Crippen molar-refractivity contribution in [2.75, 3.05) is 13.2 Å². The third-order valence-corrected chi connectivity index (χ3v) is 3.00. The van der Waals surface area contributed by atoms with E-state index in [1.54, 1.807) is 20.8 Å². The van der Waals surface area contributed by atoms with Crippen LogP contribution in [0.25, 0.3) is 0 Å². The highest BCUT2D eigenvalue weighted by molar-refractivity contribution is 5.81. The van der Waals surface area contributed by atoms with E-state index in [9.17, 15) is 9.59 Å². The number of aliphatic carboxylic acids is 1. The van der Waals surface area contributed by atoms with Gasteiger partial charge >= 0.3 is 12.1 Å². The predicted octanol–water partition coefficient (Wildman–Crippen LogP) is 0.849. The van der Waals surface area contributed by atoms with Gasteiger partial charge in [0.25, 0.3) is 0 Å². The summed E-state index contributed by atoms with van der Waals surface area (Å²) in [5.74, 6) is -1.01. The summed E-state index contributed by atoms with van der Waals surface area (Å²) in [5, 5.41) is 9.12. The van der Waals surface area contributed by atoms with Crippen molar-refractivity contribution in [1.29, 1.82) is 0 Å². The van der Waals surface area contributed by atoms with Gasteiger partial charge in [-0.05, 0) is 20.8 Å². The van der Waals surface area contributed by atoms with Crippen LogP contribution < -0.4 is 0 Å². The molecule has 2 aliphatic heterocycles. The second-order valence-electron chi connectivity index (χ2n) is 5.58. The Hall–Kier alpha value is -1.30. The Bertz CT molecular complexity index is 361. The molecule has 0 aromatic heterocycles. The molecule has 2 heterocycles. The summed E-state index contributed by atoms with van der Waals surface area (Å²) >= 11 is 0. The van der Waals surface area contributed by atoms with Crippen LogP contribution in [0.2, 0.25) is 0 Å². The molecule has 0 spiro atoms. The highest BCUT2D eigenvalue weighted by Gasteiger charge is 2.58. The summed E-state index contributed by atoms with van der Waals surface area (Å²) in [6, 6.07) is -0.180.